The second-order valence-corrected chi connectivity index (χ2v) is 7.73. The summed E-state index contributed by atoms with van der Waals surface area (Å²) in [6, 6.07) is 9.39. The number of rotatable bonds is 7. The van der Waals surface area contributed by atoms with Gasteiger partial charge in [-0.2, -0.15) is 0 Å². The van der Waals surface area contributed by atoms with Crippen LogP contribution in [0.15, 0.2) is 48.5 Å². The molecule has 0 unspecified atom stereocenters. The van der Waals surface area contributed by atoms with Crippen LogP contribution in [0.25, 0.3) is 0 Å². The Kier molecular flexibility index (Phi) is 6.42. The predicted molar refractivity (Wildman–Crippen MR) is 89.3 cm³/mol. The summed E-state index contributed by atoms with van der Waals surface area (Å²) < 4.78 is 77.2. The average Bonchev–Trinajstić information content (AvgIpc) is 2.55. The van der Waals surface area contributed by atoms with Gasteiger partial charge in [-0.15, -0.1) is 13.2 Å². The molecule has 10 heteroatoms. The molecule has 0 radical (unpaired) electrons. The Morgan fingerprint density at radius 2 is 1.74 bits per heavy atom. The lowest BCUT2D eigenvalue weighted by atomic mass is 10.2. The SMILES string of the molecule is O=C(NCCS(=O)(=O)Cc1ccc(F)cc1)c1cccc(OC(F)(F)F)c1. The number of carbonyl (C=O) groups excluding carboxylic acids is 1. The number of hydrogen-bond acceptors (Lipinski definition) is 4. The molecule has 0 heterocycles. The molecule has 0 atom stereocenters. The summed E-state index contributed by atoms with van der Waals surface area (Å²) in [5, 5.41) is 2.33. The molecular weight excluding hydrogens is 390 g/mol. The van der Waals surface area contributed by atoms with E-state index in [-0.39, 0.29) is 23.6 Å². The minimum atomic E-state index is -4.89. The van der Waals surface area contributed by atoms with Crippen LogP contribution in [0.3, 0.4) is 0 Å². The van der Waals surface area contributed by atoms with Gasteiger partial charge in [0.05, 0.1) is 11.5 Å². The number of carbonyl (C=O) groups is 1. The van der Waals surface area contributed by atoms with Crippen LogP contribution in [0.1, 0.15) is 15.9 Å². The predicted octanol–water partition coefficient (Wildman–Crippen LogP) is 3.07. The van der Waals surface area contributed by atoms with E-state index in [1.54, 1.807) is 0 Å². The first-order chi connectivity index (χ1) is 12.5. The highest BCUT2D eigenvalue weighted by molar-refractivity contribution is 7.90. The molecule has 2 rings (SSSR count). The highest BCUT2D eigenvalue weighted by Crippen LogP contribution is 2.23. The van der Waals surface area contributed by atoms with Crippen molar-refractivity contribution < 1.29 is 35.5 Å². The minimum absolute atomic E-state index is 0.104. The number of ether oxygens (including phenoxy) is 1. The zero-order chi connectivity index (χ0) is 20.1. The average molecular weight is 405 g/mol. The summed E-state index contributed by atoms with van der Waals surface area (Å²) in [7, 11) is -3.57. The van der Waals surface area contributed by atoms with Crippen molar-refractivity contribution in [3.63, 3.8) is 0 Å². The fourth-order valence-corrected chi connectivity index (χ4v) is 3.42. The van der Waals surface area contributed by atoms with E-state index in [0.29, 0.717) is 5.56 Å². The van der Waals surface area contributed by atoms with Gasteiger partial charge < -0.3 is 10.1 Å². The number of hydrogen-bond donors (Lipinski definition) is 1. The molecule has 1 amide bonds. The third-order valence-electron chi connectivity index (χ3n) is 3.33. The molecule has 0 aliphatic carbocycles. The smallest absolute Gasteiger partial charge is 0.406 e. The maximum absolute atomic E-state index is 12.8. The summed E-state index contributed by atoms with van der Waals surface area (Å²) in [6.45, 7) is -0.229. The quantitative estimate of drug-likeness (QED) is 0.719. The van der Waals surface area contributed by atoms with E-state index in [4.69, 9.17) is 0 Å². The molecule has 27 heavy (non-hydrogen) atoms. The molecule has 2 aromatic carbocycles. The van der Waals surface area contributed by atoms with Gasteiger partial charge in [0.15, 0.2) is 9.84 Å². The van der Waals surface area contributed by atoms with Gasteiger partial charge in [-0.25, -0.2) is 12.8 Å². The van der Waals surface area contributed by atoms with Gasteiger partial charge in [0.2, 0.25) is 0 Å². The number of nitrogens with one attached hydrogen (secondary N) is 1. The molecule has 0 aliphatic rings. The van der Waals surface area contributed by atoms with Gasteiger partial charge in [0, 0.05) is 12.1 Å². The van der Waals surface area contributed by atoms with Crippen molar-refractivity contribution in [3.8, 4) is 5.75 Å². The molecule has 5 nitrogen and oxygen atoms in total. The second-order valence-electron chi connectivity index (χ2n) is 5.55. The van der Waals surface area contributed by atoms with E-state index >= 15 is 0 Å². The maximum Gasteiger partial charge on any atom is 0.573 e. The van der Waals surface area contributed by atoms with Gasteiger partial charge >= 0.3 is 6.36 Å². The normalized spacial score (nSPS) is 11.9. The van der Waals surface area contributed by atoms with E-state index in [2.05, 4.69) is 10.1 Å². The Bertz CT molecular complexity index is 896. The summed E-state index contributed by atoms with van der Waals surface area (Å²) in [4.78, 5) is 12.0. The van der Waals surface area contributed by atoms with Gasteiger partial charge in [-0.1, -0.05) is 18.2 Å². The molecule has 0 saturated heterocycles. The van der Waals surface area contributed by atoms with Gasteiger partial charge in [-0.05, 0) is 35.9 Å². The minimum Gasteiger partial charge on any atom is -0.406 e. The fourth-order valence-electron chi connectivity index (χ4n) is 2.16. The highest BCUT2D eigenvalue weighted by Gasteiger charge is 2.31. The molecule has 0 aliphatic heterocycles. The van der Waals surface area contributed by atoms with Crippen molar-refractivity contribution in [1.29, 1.82) is 0 Å². The lowest BCUT2D eigenvalue weighted by Crippen LogP contribution is -2.29. The first-order valence-corrected chi connectivity index (χ1v) is 9.45. The molecular formula is C17H15F4NO4S. The molecule has 1 N–H and O–H groups in total. The summed E-state index contributed by atoms with van der Waals surface area (Å²) in [6.07, 6.45) is -4.89. The van der Waals surface area contributed by atoms with Gasteiger partial charge in [-0.3, -0.25) is 4.79 Å². The Morgan fingerprint density at radius 3 is 2.37 bits per heavy atom. The Morgan fingerprint density at radius 1 is 1.07 bits per heavy atom. The number of benzene rings is 2. The summed E-state index contributed by atoms with van der Waals surface area (Å²) in [5.74, 6) is -2.48. The Labute approximate surface area is 152 Å². The molecule has 0 aromatic heterocycles. The zero-order valence-corrected chi connectivity index (χ0v) is 14.6. The van der Waals surface area contributed by atoms with E-state index in [0.717, 1.165) is 24.3 Å². The molecule has 146 valence electrons. The summed E-state index contributed by atoms with van der Waals surface area (Å²) >= 11 is 0. The molecule has 0 bridgehead atoms. The zero-order valence-electron chi connectivity index (χ0n) is 13.8. The molecule has 0 saturated carbocycles. The van der Waals surface area contributed by atoms with Crippen LogP contribution in [0.5, 0.6) is 5.75 Å². The second kappa shape index (κ2) is 8.38. The van der Waals surface area contributed by atoms with Crippen molar-refractivity contribution in [2.45, 2.75) is 12.1 Å². The van der Waals surface area contributed by atoms with Gasteiger partial charge in [0.25, 0.3) is 5.91 Å². The molecule has 0 fully saturated rings. The fraction of sp³-hybridized carbons (Fsp3) is 0.235. The number of alkyl halides is 3. The lowest BCUT2D eigenvalue weighted by Gasteiger charge is -2.10. The van der Waals surface area contributed by atoms with Crippen molar-refractivity contribution in [2.75, 3.05) is 12.3 Å². The van der Waals surface area contributed by atoms with Crippen molar-refractivity contribution in [2.24, 2.45) is 0 Å². The topological polar surface area (TPSA) is 72.5 Å². The standard InChI is InChI=1S/C17H15F4NO4S/c18-14-6-4-12(5-7-14)11-27(24,25)9-8-22-16(23)13-2-1-3-15(10-13)26-17(19,20)21/h1-7,10H,8-9,11H2,(H,22,23). The number of sulfone groups is 1. The summed E-state index contributed by atoms with van der Waals surface area (Å²) in [5.41, 5.74) is 0.299. The molecule has 2 aromatic rings. The van der Waals surface area contributed by atoms with Crippen molar-refractivity contribution in [1.82, 2.24) is 5.32 Å². The van der Waals surface area contributed by atoms with Gasteiger partial charge in [0.1, 0.15) is 11.6 Å². The molecule has 0 spiro atoms. The Balaban J connectivity index is 1.89. The number of amides is 1. The van der Waals surface area contributed by atoms with Crippen molar-refractivity contribution in [3.05, 3.63) is 65.5 Å². The largest absolute Gasteiger partial charge is 0.573 e. The highest BCUT2D eigenvalue weighted by atomic mass is 32.2. The van der Waals surface area contributed by atoms with Crippen molar-refractivity contribution >= 4 is 15.7 Å². The van der Waals surface area contributed by atoms with Crippen LogP contribution in [-0.4, -0.2) is 33.0 Å². The third-order valence-corrected chi connectivity index (χ3v) is 4.93. The van der Waals surface area contributed by atoms with Crippen LogP contribution in [-0.2, 0) is 15.6 Å². The third kappa shape index (κ3) is 7.26. The van der Waals surface area contributed by atoms with E-state index in [1.807, 2.05) is 0 Å². The first kappa shape index (κ1) is 20.7. The van der Waals surface area contributed by atoms with Crippen LogP contribution in [0.2, 0.25) is 0 Å². The van der Waals surface area contributed by atoms with E-state index in [9.17, 15) is 30.8 Å². The van der Waals surface area contributed by atoms with E-state index in [1.165, 1.54) is 24.3 Å². The lowest BCUT2D eigenvalue weighted by molar-refractivity contribution is -0.274. The van der Waals surface area contributed by atoms with Crippen LogP contribution < -0.4 is 10.1 Å². The maximum atomic E-state index is 12.8. The van der Waals surface area contributed by atoms with Crippen LogP contribution in [0.4, 0.5) is 17.6 Å². The number of halogens is 4. The first-order valence-electron chi connectivity index (χ1n) is 7.63. The van der Waals surface area contributed by atoms with E-state index < -0.39 is 33.7 Å². The van der Waals surface area contributed by atoms with Crippen LogP contribution in [0, 0.1) is 5.82 Å². The monoisotopic (exact) mass is 405 g/mol. The van der Waals surface area contributed by atoms with Crippen LogP contribution >= 0.6 is 0 Å². The Hall–Kier alpha value is -2.62.